The summed E-state index contributed by atoms with van der Waals surface area (Å²) in [7, 11) is 0. The summed E-state index contributed by atoms with van der Waals surface area (Å²) in [5.74, 6) is -0.319. The van der Waals surface area contributed by atoms with E-state index in [0.717, 1.165) is 4.88 Å². The predicted molar refractivity (Wildman–Crippen MR) is 52.9 cm³/mol. The fourth-order valence-corrected chi connectivity index (χ4v) is 1.83. The normalized spacial score (nSPS) is 11.7. The molecule has 0 aliphatic heterocycles. The van der Waals surface area contributed by atoms with Crippen molar-refractivity contribution in [2.75, 3.05) is 0 Å². The van der Waals surface area contributed by atoms with Gasteiger partial charge in [0.1, 0.15) is 5.78 Å². The molecule has 0 bridgehead atoms. The molecule has 0 spiro atoms. The van der Waals surface area contributed by atoms with Crippen molar-refractivity contribution in [3.05, 3.63) is 22.4 Å². The number of aryl methyl sites for hydroxylation is 1. The van der Waals surface area contributed by atoms with Crippen LogP contribution in [0.15, 0.2) is 17.5 Å². The van der Waals surface area contributed by atoms with Crippen LogP contribution in [-0.2, 0) is 11.2 Å². The summed E-state index contributed by atoms with van der Waals surface area (Å²) in [6, 6.07) is 3.74. The van der Waals surface area contributed by atoms with Gasteiger partial charge >= 0.3 is 6.18 Å². The molecule has 0 saturated heterocycles. The Morgan fingerprint density at radius 2 is 2.07 bits per heavy atom. The maximum Gasteiger partial charge on any atom is 0.389 e. The summed E-state index contributed by atoms with van der Waals surface area (Å²) >= 11 is 1.51. The molecular weight excluding hydrogens is 225 g/mol. The molecule has 0 aliphatic carbocycles. The monoisotopic (exact) mass is 236 g/mol. The number of hydrogen-bond donors (Lipinski definition) is 0. The standard InChI is InChI=1S/C10H11F3OS/c11-10(12,13)6-5-8(14)3-4-9-2-1-7-15-9/h1-2,7H,3-6H2. The van der Waals surface area contributed by atoms with Gasteiger partial charge in [-0.15, -0.1) is 11.3 Å². The van der Waals surface area contributed by atoms with E-state index in [2.05, 4.69) is 0 Å². The molecule has 15 heavy (non-hydrogen) atoms. The van der Waals surface area contributed by atoms with E-state index in [9.17, 15) is 18.0 Å². The number of rotatable bonds is 5. The van der Waals surface area contributed by atoms with Gasteiger partial charge in [0.15, 0.2) is 0 Å². The molecule has 0 unspecified atom stereocenters. The van der Waals surface area contributed by atoms with Crippen LogP contribution in [0.4, 0.5) is 13.2 Å². The molecule has 0 N–H and O–H groups in total. The summed E-state index contributed by atoms with van der Waals surface area (Å²) < 4.78 is 35.3. The second-order valence-corrected chi connectivity index (χ2v) is 4.27. The number of alkyl halides is 3. The fraction of sp³-hybridized carbons (Fsp3) is 0.500. The van der Waals surface area contributed by atoms with E-state index >= 15 is 0 Å². The lowest BCUT2D eigenvalue weighted by atomic mass is 10.1. The van der Waals surface area contributed by atoms with Crippen LogP contribution in [-0.4, -0.2) is 12.0 Å². The number of hydrogen-bond acceptors (Lipinski definition) is 2. The highest BCUT2D eigenvalue weighted by Crippen LogP contribution is 2.22. The second kappa shape index (κ2) is 5.30. The minimum Gasteiger partial charge on any atom is -0.300 e. The summed E-state index contributed by atoms with van der Waals surface area (Å²) in [4.78, 5) is 12.1. The quantitative estimate of drug-likeness (QED) is 0.763. The molecule has 84 valence electrons. The molecule has 0 saturated carbocycles. The van der Waals surface area contributed by atoms with Crippen molar-refractivity contribution in [3.63, 3.8) is 0 Å². The summed E-state index contributed by atoms with van der Waals surface area (Å²) in [6.07, 6.45) is -4.87. The van der Waals surface area contributed by atoms with Crippen molar-refractivity contribution in [2.45, 2.75) is 31.9 Å². The third-order valence-corrected chi connectivity index (χ3v) is 2.85. The van der Waals surface area contributed by atoms with Crippen molar-refractivity contribution in [2.24, 2.45) is 0 Å². The van der Waals surface area contributed by atoms with E-state index in [4.69, 9.17) is 0 Å². The van der Waals surface area contributed by atoms with Gasteiger partial charge in [0, 0.05) is 17.7 Å². The van der Waals surface area contributed by atoms with Gasteiger partial charge in [0.2, 0.25) is 0 Å². The molecule has 1 nitrogen and oxygen atoms in total. The molecule has 1 heterocycles. The van der Waals surface area contributed by atoms with Crippen LogP contribution < -0.4 is 0 Å². The Kier molecular flexibility index (Phi) is 4.32. The molecule has 0 fully saturated rings. The molecular formula is C10H11F3OS. The minimum absolute atomic E-state index is 0.205. The zero-order valence-corrected chi connectivity index (χ0v) is 8.83. The highest BCUT2D eigenvalue weighted by Gasteiger charge is 2.27. The average molecular weight is 236 g/mol. The lowest BCUT2D eigenvalue weighted by Gasteiger charge is -2.04. The topological polar surface area (TPSA) is 17.1 Å². The van der Waals surface area contributed by atoms with Gasteiger partial charge in [-0.05, 0) is 17.9 Å². The molecule has 1 aromatic heterocycles. The lowest BCUT2D eigenvalue weighted by Crippen LogP contribution is -2.11. The van der Waals surface area contributed by atoms with Gasteiger partial charge in [-0.25, -0.2) is 0 Å². The Morgan fingerprint density at radius 3 is 2.60 bits per heavy atom. The van der Waals surface area contributed by atoms with Crippen LogP contribution in [0.2, 0.25) is 0 Å². The van der Waals surface area contributed by atoms with Gasteiger partial charge in [0.25, 0.3) is 0 Å². The van der Waals surface area contributed by atoms with Gasteiger partial charge in [-0.1, -0.05) is 6.07 Å². The Balaban J connectivity index is 2.20. The number of thiophene rings is 1. The minimum atomic E-state index is -4.22. The molecule has 0 amide bonds. The molecule has 0 radical (unpaired) electrons. The number of ketones is 1. The van der Waals surface area contributed by atoms with E-state index in [1.165, 1.54) is 11.3 Å². The Bertz CT molecular complexity index is 303. The third-order valence-electron chi connectivity index (χ3n) is 1.92. The number of Topliss-reactive ketones (excluding diaryl/α,β-unsaturated/α-hetero) is 1. The van der Waals surface area contributed by atoms with E-state index in [-0.39, 0.29) is 12.2 Å². The van der Waals surface area contributed by atoms with Gasteiger partial charge < -0.3 is 0 Å². The summed E-state index contributed by atoms with van der Waals surface area (Å²) in [5, 5.41) is 1.88. The molecule has 5 heteroatoms. The van der Waals surface area contributed by atoms with E-state index in [1.807, 2.05) is 17.5 Å². The molecule has 1 aromatic rings. The number of halogens is 3. The Labute approximate surface area is 89.9 Å². The zero-order valence-electron chi connectivity index (χ0n) is 8.01. The van der Waals surface area contributed by atoms with Crippen molar-refractivity contribution < 1.29 is 18.0 Å². The Morgan fingerprint density at radius 1 is 1.33 bits per heavy atom. The van der Waals surface area contributed by atoms with Gasteiger partial charge in [-0.3, -0.25) is 4.79 Å². The van der Waals surface area contributed by atoms with Crippen LogP contribution in [0.3, 0.4) is 0 Å². The van der Waals surface area contributed by atoms with Crippen LogP contribution >= 0.6 is 11.3 Å². The largest absolute Gasteiger partial charge is 0.389 e. The van der Waals surface area contributed by atoms with Gasteiger partial charge in [-0.2, -0.15) is 13.2 Å². The van der Waals surface area contributed by atoms with E-state index in [1.54, 1.807) is 0 Å². The molecule has 1 rings (SSSR count). The molecule has 0 aromatic carbocycles. The first-order valence-corrected chi connectivity index (χ1v) is 5.46. The van der Waals surface area contributed by atoms with Crippen LogP contribution in [0, 0.1) is 0 Å². The first-order valence-electron chi connectivity index (χ1n) is 4.58. The number of carbonyl (C=O) groups excluding carboxylic acids is 1. The number of carbonyl (C=O) groups is 1. The van der Waals surface area contributed by atoms with E-state index in [0.29, 0.717) is 6.42 Å². The lowest BCUT2D eigenvalue weighted by molar-refractivity contribution is -0.143. The maximum atomic E-state index is 11.8. The first-order chi connectivity index (χ1) is 6.97. The molecule has 0 aliphatic rings. The van der Waals surface area contributed by atoms with Crippen molar-refractivity contribution in [1.29, 1.82) is 0 Å². The van der Waals surface area contributed by atoms with Crippen molar-refractivity contribution >= 4 is 17.1 Å². The first kappa shape index (κ1) is 12.2. The average Bonchev–Trinajstić information content (AvgIpc) is 2.62. The predicted octanol–water partition coefficient (Wildman–Crippen LogP) is 3.59. The van der Waals surface area contributed by atoms with E-state index < -0.39 is 19.0 Å². The fourth-order valence-electron chi connectivity index (χ4n) is 1.12. The second-order valence-electron chi connectivity index (χ2n) is 3.23. The highest BCUT2D eigenvalue weighted by atomic mass is 32.1. The van der Waals surface area contributed by atoms with Crippen molar-refractivity contribution in [1.82, 2.24) is 0 Å². The zero-order chi connectivity index (χ0) is 11.3. The Hall–Kier alpha value is -0.840. The van der Waals surface area contributed by atoms with Crippen LogP contribution in [0.25, 0.3) is 0 Å². The van der Waals surface area contributed by atoms with Crippen LogP contribution in [0.1, 0.15) is 24.1 Å². The van der Waals surface area contributed by atoms with Crippen LogP contribution in [0.5, 0.6) is 0 Å². The SMILES string of the molecule is O=C(CCc1cccs1)CCC(F)(F)F. The summed E-state index contributed by atoms with van der Waals surface area (Å²) in [6.45, 7) is 0. The third kappa shape index (κ3) is 5.57. The maximum absolute atomic E-state index is 11.8. The smallest absolute Gasteiger partial charge is 0.300 e. The highest BCUT2D eigenvalue weighted by molar-refractivity contribution is 7.09. The summed E-state index contributed by atoms with van der Waals surface area (Å²) in [5.41, 5.74) is 0. The van der Waals surface area contributed by atoms with Gasteiger partial charge in [0.05, 0.1) is 6.42 Å². The van der Waals surface area contributed by atoms with Crippen molar-refractivity contribution in [3.8, 4) is 0 Å². The molecule has 0 atom stereocenters.